The van der Waals surface area contributed by atoms with Crippen LogP contribution in [0.5, 0.6) is 5.75 Å². The van der Waals surface area contributed by atoms with E-state index in [2.05, 4.69) is 61.5 Å². The first-order chi connectivity index (χ1) is 14.3. The molecule has 1 fully saturated rings. The van der Waals surface area contributed by atoms with Gasteiger partial charge in [0.25, 0.3) is 0 Å². The van der Waals surface area contributed by atoms with Crippen LogP contribution in [-0.4, -0.2) is 37.9 Å². The van der Waals surface area contributed by atoms with E-state index >= 15 is 0 Å². The van der Waals surface area contributed by atoms with Crippen LogP contribution in [0, 0.1) is 5.92 Å². The first-order valence-electron chi connectivity index (χ1n) is 10.2. The molecule has 1 aliphatic heterocycles. The summed E-state index contributed by atoms with van der Waals surface area (Å²) in [5, 5.41) is 10.4. The summed E-state index contributed by atoms with van der Waals surface area (Å²) < 4.78 is 8.38. The van der Waals surface area contributed by atoms with Crippen LogP contribution < -0.4 is 10.1 Å². The van der Waals surface area contributed by atoms with Gasteiger partial charge in [-0.05, 0) is 31.2 Å². The monoisotopic (exact) mass is 386 g/mol. The number of hydrogen-bond acceptors (Lipinski definition) is 5. The number of rotatable bonds is 5. The molecule has 0 atom stereocenters. The van der Waals surface area contributed by atoms with E-state index in [0.717, 1.165) is 77.3 Å². The van der Waals surface area contributed by atoms with E-state index in [-0.39, 0.29) is 0 Å². The number of ether oxygens (including phenoxy) is 1. The predicted molar refractivity (Wildman–Crippen MR) is 112 cm³/mol. The molecule has 1 saturated carbocycles. The number of aromatic amines is 1. The average molecular weight is 386 g/mol. The number of aromatic nitrogens is 5. The van der Waals surface area contributed by atoms with E-state index in [1.165, 1.54) is 19.2 Å². The fraction of sp³-hybridized carbons (Fsp3) is 0.318. The van der Waals surface area contributed by atoms with Crippen LogP contribution in [0.1, 0.15) is 19.3 Å². The van der Waals surface area contributed by atoms with Crippen LogP contribution in [0.15, 0.2) is 42.7 Å². The van der Waals surface area contributed by atoms with Gasteiger partial charge in [0, 0.05) is 36.0 Å². The van der Waals surface area contributed by atoms with E-state index in [4.69, 9.17) is 9.72 Å². The largest absolute Gasteiger partial charge is 0.491 e. The Balaban J connectivity index is 1.42. The quantitative estimate of drug-likeness (QED) is 0.540. The zero-order valence-corrected chi connectivity index (χ0v) is 16.1. The van der Waals surface area contributed by atoms with Crippen molar-refractivity contribution in [1.82, 2.24) is 24.7 Å². The molecular formula is C22H22N6O. The van der Waals surface area contributed by atoms with Crippen molar-refractivity contribution in [2.75, 3.05) is 18.5 Å². The summed E-state index contributed by atoms with van der Waals surface area (Å²) in [6, 6.07) is 12.6. The minimum absolute atomic E-state index is 0.729. The lowest BCUT2D eigenvalue weighted by atomic mass is 10.1. The highest BCUT2D eigenvalue weighted by molar-refractivity contribution is 5.89. The highest BCUT2D eigenvalue weighted by atomic mass is 16.5. The van der Waals surface area contributed by atoms with Crippen molar-refractivity contribution in [1.29, 1.82) is 0 Å². The lowest BCUT2D eigenvalue weighted by Gasteiger charge is -2.10. The molecule has 4 aromatic rings. The topological polar surface area (TPSA) is 80.7 Å². The summed E-state index contributed by atoms with van der Waals surface area (Å²) in [7, 11) is 0. The van der Waals surface area contributed by atoms with Gasteiger partial charge in [-0.2, -0.15) is 5.10 Å². The Morgan fingerprint density at radius 2 is 2.00 bits per heavy atom. The molecule has 0 bridgehead atoms. The fourth-order valence-corrected chi connectivity index (χ4v) is 3.99. The summed E-state index contributed by atoms with van der Waals surface area (Å²) in [5.41, 5.74) is 5.27. The zero-order valence-electron chi connectivity index (χ0n) is 16.1. The molecule has 146 valence electrons. The van der Waals surface area contributed by atoms with Crippen molar-refractivity contribution in [2.45, 2.75) is 25.8 Å². The third-order valence-electron chi connectivity index (χ3n) is 5.71. The van der Waals surface area contributed by atoms with Crippen LogP contribution in [0.25, 0.3) is 33.8 Å². The molecule has 7 nitrogen and oxygen atoms in total. The van der Waals surface area contributed by atoms with Gasteiger partial charge >= 0.3 is 0 Å². The van der Waals surface area contributed by atoms with Gasteiger partial charge in [-0.25, -0.2) is 9.97 Å². The SMILES string of the molecule is c1n[nH]c(-c2ccc(-c3nc4cc(NCC5CC5)cc5c4n3CCCO5)cc2)n1. The second-order valence-electron chi connectivity index (χ2n) is 7.87. The Labute approximate surface area is 168 Å². The number of nitrogens with zero attached hydrogens (tertiary/aromatic N) is 4. The lowest BCUT2D eigenvalue weighted by molar-refractivity contribution is 0.316. The molecule has 3 heterocycles. The van der Waals surface area contributed by atoms with Crippen molar-refractivity contribution >= 4 is 16.7 Å². The maximum Gasteiger partial charge on any atom is 0.155 e. The molecule has 0 spiro atoms. The van der Waals surface area contributed by atoms with E-state index in [1.54, 1.807) is 0 Å². The Bertz CT molecular complexity index is 1160. The molecule has 0 amide bonds. The van der Waals surface area contributed by atoms with Gasteiger partial charge in [-0.3, -0.25) is 5.10 Å². The van der Waals surface area contributed by atoms with Crippen molar-refractivity contribution < 1.29 is 4.74 Å². The number of benzene rings is 2. The molecule has 2 aromatic heterocycles. The van der Waals surface area contributed by atoms with E-state index < -0.39 is 0 Å². The second-order valence-corrected chi connectivity index (χ2v) is 7.87. The maximum atomic E-state index is 6.08. The molecule has 7 heteroatoms. The van der Waals surface area contributed by atoms with Crippen molar-refractivity contribution in [3.63, 3.8) is 0 Å². The van der Waals surface area contributed by atoms with Crippen molar-refractivity contribution in [2.24, 2.45) is 5.92 Å². The third-order valence-corrected chi connectivity index (χ3v) is 5.71. The van der Waals surface area contributed by atoms with Crippen molar-refractivity contribution in [3.05, 3.63) is 42.7 Å². The molecule has 1 aliphatic carbocycles. The summed E-state index contributed by atoms with van der Waals surface area (Å²) in [6.07, 6.45) is 5.16. The van der Waals surface area contributed by atoms with Gasteiger partial charge in [0.05, 0.1) is 12.1 Å². The number of nitrogens with one attached hydrogen (secondary N) is 2. The van der Waals surface area contributed by atoms with Crippen molar-refractivity contribution in [3.8, 4) is 28.5 Å². The van der Waals surface area contributed by atoms with Crippen LogP contribution in [0.2, 0.25) is 0 Å². The lowest BCUT2D eigenvalue weighted by Crippen LogP contribution is -2.03. The molecule has 6 rings (SSSR count). The van der Waals surface area contributed by atoms with Crippen LogP contribution in [-0.2, 0) is 6.54 Å². The number of imidazole rings is 1. The minimum atomic E-state index is 0.729. The van der Waals surface area contributed by atoms with Gasteiger partial charge in [0.1, 0.15) is 23.4 Å². The van der Waals surface area contributed by atoms with Gasteiger partial charge in [-0.1, -0.05) is 24.3 Å². The standard InChI is InChI=1S/C22H22N6O/c1-8-28-20-18(10-17(11-19(20)29-9-1)23-12-14-2-3-14)26-22(28)16-6-4-15(5-7-16)21-24-13-25-27-21/h4-7,10-11,13-14,23H,1-3,8-9,12H2,(H,24,25,27). The number of hydrogen-bond donors (Lipinski definition) is 2. The van der Waals surface area contributed by atoms with Gasteiger partial charge < -0.3 is 14.6 Å². The first kappa shape index (κ1) is 16.6. The zero-order chi connectivity index (χ0) is 19.2. The maximum absolute atomic E-state index is 6.08. The molecule has 2 aromatic carbocycles. The van der Waals surface area contributed by atoms with E-state index in [0.29, 0.717) is 0 Å². The molecule has 29 heavy (non-hydrogen) atoms. The smallest absolute Gasteiger partial charge is 0.155 e. The molecule has 0 saturated heterocycles. The molecule has 0 unspecified atom stereocenters. The minimum Gasteiger partial charge on any atom is -0.491 e. The normalized spacial score (nSPS) is 15.9. The highest BCUT2D eigenvalue weighted by Crippen LogP contribution is 2.37. The third kappa shape index (κ3) is 3.03. The van der Waals surface area contributed by atoms with E-state index in [1.807, 2.05) is 0 Å². The summed E-state index contributed by atoms with van der Waals surface area (Å²) in [6.45, 7) is 2.66. The molecule has 2 N–H and O–H groups in total. The Hall–Kier alpha value is -3.35. The fourth-order valence-electron chi connectivity index (χ4n) is 3.99. The number of aryl methyl sites for hydroxylation is 1. The molecular weight excluding hydrogens is 364 g/mol. The van der Waals surface area contributed by atoms with Gasteiger partial charge in [0.2, 0.25) is 0 Å². The Morgan fingerprint density at radius 3 is 2.79 bits per heavy atom. The predicted octanol–water partition coefficient (Wildman–Crippen LogP) is 4.09. The second kappa shape index (κ2) is 6.62. The average Bonchev–Trinajstić information content (AvgIpc) is 3.35. The van der Waals surface area contributed by atoms with Crippen LogP contribution in [0.4, 0.5) is 5.69 Å². The summed E-state index contributed by atoms with van der Waals surface area (Å²) in [4.78, 5) is 9.22. The molecule has 2 aliphatic rings. The Kier molecular flexibility index (Phi) is 3.78. The highest BCUT2D eigenvalue weighted by Gasteiger charge is 2.23. The number of anilines is 1. The van der Waals surface area contributed by atoms with Crippen LogP contribution >= 0.6 is 0 Å². The van der Waals surface area contributed by atoms with E-state index in [9.17, 15) is 0 Å². The molecule has 0 radical (unpaired) electrons. The number of H-pyrrole nitrogens is 1. The summed E-state index contributed by atoms with van der Waals surface area (Å²) in [5.74, 6) is 3.50. The van der Waals surface area contributed by atoms with Gasteiger partial charge in [-0.15, -0.1) is 0 Å². The van der Waals surface area contributed by atoms with Crippen LogP contribution in [0.3, 0.4) is 0 Å². The first-order valence-corrected chi connectivity index (χ1v) is 10.2. The summed E-state index contributed by atoms with van der Waals surface area (Å²) >= 11 is 0. The Morgan fingerprint density at radius 1 is 1.14 bits per heavy atom. The van der Waals surface area contributed by atoms with Gasteiger partial charge in [0.15, 0.2) is 5.82 Å².